The normalized spacial score (nSPS) is 16.2. The Kier molecular flexibility index (Phi) is 5.84. The lowest BCUT2D eigenvalue weighted by Crippen LogP contribution is -2.51. The van der Waals surface area contributed by atoms with Gasteiger partial charge in [-0.1, -0.05) is 0 Å². The van der Waals surface area contributed by atoms with E-state index in [0.29, 0.717) is 31.9 Å². The summed E-state index contributed by atoms with van der Waals surface area (Å²) < 4.78 is 35.5. The van der Waals surface area contributed by atoms with Crippen molar-refractivity contribution in [3.63, 3.8) is 0 Å². The lowest BCUT2D eigenvalue weighted by atomic mass is 10.3. The molecule has 1 heterocycles. The summed E-state index contributed by atoms with van der Waals surface area (Å²) in [6, 6.07) is 6.98. The summed E-state index contributed by atoms with van der Waals surface area (Å²) in [6.07, 6.45) is 0. The second-order valence-electron chi connectivity index (χ2n) is 5.14. The number of benzene rings is 1. The molecule has 2 rings (SSSR count). The van der Waals surface area contributed by atoms with Gasteiger partial charge >= 0.3 is 0 Å². The summed E-state index contributed by atoms with van der Waals surface area (Å²) in [5.41, 5.74) is 0. The number of carbonyl (C=O) groups excluding carboxylic acids is 1. The zero-order valence-electron chi connectivity index (χ0n) is 13.4. The number of sulfonamides is 1. The van der Waals surface area contributed by atoms with Crippen LogP contribution in [0.1, 0.15) is 6.92 Å². The van der Waals surface area contributed by atoms with Crippen molar-refractivity contribution in [1.82, 2.24) is 9.21 Å². The van der Waals surface area contributed by atoms with Crippen LogP contribution in [0.25, 0.3) is 0 Å². The fourth-order valence-corrected chi connectivity index (χ4v) is 3.39. The molecule has 1 aromatic carbocycles. The molecule has 1 amide bonds. The number of hydrogen-bond acceptors (Lipinski definition) is 5. The molecule has 1 aliphatic rings. The average Bonchev–Trinajstić information content (AvgIpc) is 2.60. The Labute approximate surface area is 136 Å². The Morgan fingerprint density at radius 2 is 1.65 bits per heavy atom. The minimum atomic E-state index is -3.18. The first-order chi connectivity index (χ1) is 11.0. The summed E-state index contributed by atoms with van der Waals surface area (Å²) in [5, 5.41) is 0. The molecule has 0 spiro atoms. The Balaban J connectivity index is 1.81. The van der Waals surface area contributed by atoms with Gasteiger partial charge in [0.2, 0.25) is 10.0 Å². The Morgan fingerprint density at radius 1 is 1.09 bits per heavy atom. The van der Waals surface area contributed by atoms with Crippen LogP contribution in [-0.2, 0) is 14.8 Å². The molecule has 1 fully saturated rings. The Hall–Kier alpha value is -1.80. The van der Waals surface area contributed by atoms with Gasteiger partial charge in [-0.15, -0.1) is 0 Å². The predicted molar refractivity (Wildman–Crippen MR) is 86.1 cm³/mol. The molecule has 0 unspecified atom stereocenters. The number of rotatable bonds is 6. The highest BCUT2D eigenvalue weighted by molar-refractivity contribution is 7.89. The largest absolute Gasteiger partial charge is 0.497 e. The zero-order chi connectivity index (χ0) is 16.9. The summed E-state index contributed by atoms with van der Waals surface area (Å²) in [5.74, 6) is 1.25. The van der Waals surface area contributed by atoms with Crippen LogP contribution in [0, 0.1) is 0 Å². The van der Waals surface area contributed by atoms with E-state index in [4.69, 9.17) is 9.47 Å². The number of methoxy groups -OCH3 is 1. The van der Waals surface area contributed by atoms with Gasteiger partial charge in [-0.05, 0) is 31.2 Å². The van der Waals surface area contributed by atoms with Gasteiger partial charge in [0.1, 0.15) is 11.5 Å². The van der Waals surface area contributed by atoms with Gasteiger partial charge in [0.15, 0.2) is 6.61 Å². The van der Waals surface area contributed by atoms with Crippen molar-refractivity contribution >= 4 is 15.9 Å². The molecule has 0 saturated carbocycles. The summed E-state index contributed by atoms with van der Waals surface area (Å²) in [7, 11) is -1.60. The van der Waals surface area contributed by atoms with Crippen LogP contribution in [0.4, 0.5) is 0 Å². The van der Waals surface area contributed by atoms with Gasteiger partial charge in [-0.3, -0.25) is 4.79 Å². The van der Waals surface area contributed by atoms with Crippen molar-refractivity contribution in [2.24, 2.45) is 0 Å². The maximum Gasteiger partial charge on any atom is 0.260 e. The van der Waals surface area contributed by atoms with Crippen molar-refractivity contribution in [2.45, 2.75) is 6.92 Å². The highest BCUT2D eigenvalue weighted by Crippen LogP contribution is 2.17. The fourth-order valence-electron chi connectivity index (χ4n) is 2.31. The topological polar surface area (TPSA) is 76.2 Å². The monoisotopic (exact) mass is 342 g/mol. The molecule has 7 nitrogen and oxygen atoms in total. The average molecular weight is 342 g/mol. The number of piperazine rings is 1. The van der Waals surface area contributed by atoms with Crippen LogP contribution in [0.5, 0.6) is 11.5 Å². The first-order valence-electron chi connectivity index (χ1n) is 7.48. The lowest BCUT2D eigenvalue weighted by molar-refractivity contribution is -0.134. The third kappa shape index (κ3) is 4.59. The van der Waals surface area contributed by atoms with Crippen molar-refractivity contribution in [1.29, 1.82) is 0 Å². The van der Waals surface area contributed by atoms with Crippen molar-refractivity contribution < 1.29 is 22.7 Å². The van der Waals surface area contributed by atoms with Gasteiger partial charge in [-0.2, -0.15) is 4.31 Å². The Bertz CT molecular complexity index is 622. The zero-order valence-corrected chi connectivity index (χ0v) is 14.2. The molecule has 1 aliphatic heterocycles. The standard InChI is InChI=1S/C15H22N2O5S/c1-3-23(19,20)17-10-8-16(9-11-17)15(18)12-22-14-6-4-13(21-2)5-7-14/h4-7H,3,8-12H2,1-2H3. The minimum Gasteiger partial charge on any atom is -0.497 e. The molecule has 0 radical (unpaired) electrons. The van der Waals surface area contributed by atoms with Gasteiger partial charge in [-0.25, -0.2) is 8.42 Å². The molecule has 0 atom stereocenters. The summed E-state index contributed by atoms with van der Waals surface area (Å²) in [6.45, 7) is 3.02. The van der Waals surface area contributed by atoms with Crippen LogP contribution < -0.4 is 9.47 Å². The molecule has 0 aliphatic carbocycles. The molecule has 1 aromatic rings. The van der Waals surface area contributed by atoms with Gasteiger partial charge in [0, 0.05) is 26.2 Å². The third-order valence-corrected chi connectivity index (χ3v) is 5.65. The van der Waals surface area contributed by atoms with Crippen LogP contribution in [-0.4, -0.2) is 69.2 Å². The first kappa shape index (κ1) is 17.6. The molecule has 8 heteroatoms. The SMILES string of the molecule is CCS(=O)(=O)N1CCN(C(=O)COc2ccc(OC)cc2)CC1. The quantitative estimate of drug-likeness (QED) is 0.755. The maximum atomic E-state index is 12.1. The van der Waals surface area contributed by atoms with E-state index in [2.05, 4.69) is 0 Å². The lowest BCUT2D eigenvalue weighted by Gasteiger charge is -2.33. The first-order valence-corrected chi connectivity index (χ1v) is 9.09. The number of hydrogen-bond donors (Lipinski definition) is 0. The molecule has 0 N–H and O–H groups in total. The van der Waals surface area contributed by atoms with Gasteiger partial charge in [0.05, 0.1) is 12.9 Å². The highest BCUT2D eigenvalue weighted by atomic mass is 32.2. The van der Waals surface area contributed by atoms with E-state index in [-0.39, 0.29) is 18.3 Å². The minimum absolute atomic E-state index is 0.0626. The van der Waals surface area contributed by atoms with E-state index in [1.54, 1.807) is 43.2 Å². The van der Waals surface area contributed by atoms with E-state index >= 15 is 0 Å². The molecular formula is C15H22N2O5S. The van der Waals surface area contributed by atoms with E-state index in [0.717, 1.165) is 5.75 Å². The molecular weight excluding hydrogens is 320 g/mol. The van der Waals surface area contributed by atoms with E-state index in [1.807, 2.05) is 0 Å². The van der Waals surface area contributed by atoms with E-state index in [1.165, 1.54) is 4.31 Å². The van der Waals surface area contributed by atoms with Crippen molar-refractivity contribution in [2.75, 3.05) is 45.6 Å². The van der Waals surface area contributed by atoms with Crippen LogP contribution >= 0.6 is 0 Å². The molecule has 128 valence electrons. The Morgan fingerprint density at radius 3 is 2.17 bits per heavy atom. The van der Waals surface area contributed by atoms with Gasteiger partial charge in [0.25, 0.3) is 5.91 Å². The smallest absolute Gasteiger partial charge is 0.260 e. The highest BCUT2D eigenvalue weighted by Gasteiger charge is 2.27. The number of ether oxygens (including phenoxy) is 2. The van der Waals surface area contributed by atoms with Crippen LogP contribution in [0.2, 0.25) is 0 Å². The predicted octanol–water partition coefficient (Wildman–Crippen LogP) is 0.568. The summed E-state index contributed by atoms with van der Waals surface area (Å²) >= 11 is 0. The van der Waals surface area contributed by atoms with Crippen molar-refractivity contribution in [3.05, 3.63) is 24.3 Å². The van der Waals surface area contributed by atoms with Crippen LogP contribution in [0.15, 0.2) is 24.3 Å². The summed E-state index contributed by atoms with van der Waals surface area (Å²) in [4.78, 5) is 13.8. The molecule has 0 aromatic heterocycles. The van der Waals surface area contributed by atoms with E-state index < -0.39 is 10.0 Å². The van der Waals surface area contributed by atoms with Crippen LogP contribution in [0.3, 0.4) is 0 Å². The molecule has 0 bridgehead atoms. The maximum absolute atomic E-state index is 12.1. The number of amides is 1. The molecule has 23 heavy (non-hydrogen) atoms. The van der Waals surface area contributed by atoms with Crippen molar-refractivity contribution in [3.8, 4) is 11.5 Å². The number of carbonyl (C=O) groups is 1. The van der Waals surface area contributed by atoms with E-state index in [9.17, 15) is 13.2 Å². The molecule has 1 saturated heterocycles. The third-order valence-electron chi connectivity index (χ3n) is 3.77. The van der Waals surface area contributed by atoms with Gasteiger partial charge < -0.3 is 14.4 Å². The second kappa shape index (κ2) is 7.65. The second-order valence-corrected chi connectivity index (χ2v) is 7.40. The number of nitrogens with zero attached hydrogens (tertiary/aromatic N) is 2. The fraction of sp³-hybridized carbons (Fsp3) is 0.533.